The van der Waals surface area contributed by atoms with Crippen LogP contribution in [0.1, 0.15) is 271 Å². The van der Waals surface area contributed by atoms with Gasteiger partial charge in [-0.1, -0.05) is 267 Å². The van der Waals surface area contributed by atoms with E-state index in [4.69, 9.17) is 14.2 Å². The minimum absolute atomic E-state index is 0.124. The molecule has 1 fully saturated rings. The fraction of sp³-hybridized carbons (Fsp3) is 0.788. The number of ether oxygens (including phenoxy) is 3. The van der Waals surface area contributed by atoms with E-state index in [1.807, 2.05) is 6.08 Å². The second kappa shape index (κ2) is 53.7. The first-order valence-electron chi connectivity index (χ1n) is 31.7. The maximum atomic E-state index is 13.4. The van der Waals surface area contributed by atoms with E-state index >= 15 is 0 Å². The third-order valence-corrected chi connectivity index (χ3v) is 14.6. The predicted octanol–water partition coefficient (Wildman–Crippen LogP) is 15.2. The average Bonchev–Trinajstić information content (AvgIpc) is 3.44. The van der Waals surface area contributed by atoms with Crippen molar-refractivity contribution in [2.45, 2.75) is 320 Å². The van der Waals surface area contributed by atoms with Crippen LogP contribution in [0.15, 0.2) is 72.9 Å². The summed E-state index contributed by atoms with van der Waals surface area (Å²) in [5, 5.41) is 56.9. The van der Waals surface area contributed by atoms with Gasteiger partial charge in [-0.25, -0.2) is 0 Å². The first-order valence-corrected chi connectivity index (χ1v) is 31.7. The van der Waals surface area contributed by atoms with Crippen LogP contribution in [0.2, 0.25) is 0 Å². The smallest absolute Gasteiger partial charge is 0.306 e. The van der Waals surface area contributed by atoms with Gasteiger partial charge in [0.1, 0.15) is 24.4 Å². The number of carbonyl (C=O) groups excluding carboxylic acids is 2. The number of hydrogen-bond acceptors (Lipinski definition) is 10. The molecule has 0 aromatic carbocycles. The lowest BCUT2D eigenvalue weighted by molar-refractivity contribution is -0.305. The fourth-order valence-corrected chi connectivity index (χ4v) is 9.62. The average molecular weight is 1080 g/mol. The van der Waals surface area contributed by atoms with Crippen LogP contribution < -0.4 is 5.32 Å². The van der Waals surface area contributed by atoms with Crippen molar-refractivity contribution in [3.63, 3.8) is 0 Å². The molecular weight excluding hydrogens is 967 g/mol. The number of aliphatic hydroxyl groups excluding tert-OH is 5. The summed E-state index contributed by atoms with van der Waals surface area (Å²) < 4.78 is 17.6. The van der Waals surface area contributed by atoms with E-state index in [1.165, 1.54) is 128 Å². The Morgan fingerprint density at radius 1 is 0.519 bits per heavy atom. The maximum absolute atomic E-state index is 13.4. The third kappa shape index (κ3) is 41.7. The van der Waals surface area contributed by atoms with E-state index < -0.39 is 67.4 Å². The summed E-state index contributed by atoms with van der Waals surface area (Å²) in [6, 6.07) is -1.03. The fourth-order valence-electron chi connectivity index (χ4n) is 9.62. The summed E-state index contributed by atoms with van der Waals surface area (Å²) >= 11 is 0. The molecule has 11 nitrogen and oxygen atoms in total. The van der Waals surface area contributed by atoms with Crippen LogP contribution in [0.5, 0.6) is 0 Å². The molecule has 0 bridgehead atoms. The summed E-state index contributed by atoms with van der Waals surface area (Å²) in [7, 11) is 0. The molecule has 0 saturated carbocycles. The zero-order valence-corrected chi connectivity index (χ0v) is 49.3. The number of hydrogen-bond donors (Lipinski definition) is 6. The highest BCUT2D eigenvalue weighted by molar-refractivity contribution is 5.80. The second-order valence-corrected chi connectivity index (χ2v) is 21.8. The van der Waals surface area contributed by atoms with Gasteiger partial charge in [0.25, 0.3) is 0 Å². The standard InChI is InChI=1S/C66H117NO10/c1-4-7-10-13-16-19-22-24-25-26-27-28-29-30-31-32-33-34-36-38-41-44-47-50-53-59(70)65(74)67-57(58(69)52-49-46-43-40-37-21-18-15-12-9-6-3)56-75-66-64(63(73)62(72)60(55-68)76-66)77-61(71)54-51-48-45-42-39-35-23-20-17-14-11-8-5-2/h7,10,16,19,24-25,27-28,30-31,49,52,57-60,62-64,66,68-70,72-73H,4-6,8-9,11-15,17-18,20-23,26,29,32-48,50-51,53-56H2,1-3H3,(H,67,74)/b10-7-,19-16-,25-24-,28-27-,31-30-,52-49+. The SMILES string of the molecule is CC/C=C\C/C=C\C/C=C\C/C=C\C/C=C\CCCCCCCCCCC(O)C(=O)NC(COC1OC(CO)C(O)C(O)C1OC(=O)CCCCCCCCCCCCCCC)C(O)/C=C/CCCCCCCCCCC. The van der Waals surface area contributed by atoms with Crippen LogP contribution >= 0.6 is 0 Å². The molecule has 1 amide bonds. The molecule has 0 aromatic heterocycles. The molecule has 8 atom stereocenters. The van der Waals surface area contributed by atoms with E-state index in [9.17, 15) is 35.1 Å². The van der Waals surface area contributed by atoms with Crippen molar-refractivity contribution in [2.75, 3.05) is 13.2 Å². The number of nitrogens with one attached hydrogen (secondary N) is 1. The van der Waals surface area contributed by atoms with E-state index in [2.05, 4.69) is 86.8 Å². The molecule has 1 heterocycles. The summed E-state index contributed by atoms with van der Waals surface area (Å²) in [4.78, 5) is 26.5. The second-order valence-electron chi connectivity index (χ2n) is 21.8. The maximum Gasteiger partial charge on any atom is 0.306 e. The van der Waals surface area contributed by atoms with Crippen LogP contribution in [-0.4, -0.2) is 99.6 Å². The zero-order valence-electron chi connectivity index (χ0n) is 49.3. The minimum atomic E-state index is -1.61. The van der Waals surface area contributed by atoms with E-state index in [0.717, 1.165) is 96.3 Å². The van der Waals surface area contributed by atoms with Crippen molar-refractivity contribution in [1.82, 2.24) is 5.32 Å². The molecule has 6 N–H and O–H groups in total. The van der Waals surface area contributed by atoms with Gasteiger partial charge < -0.3 is 45.1 Å². The van der Waals surface area contributed by atoms with E-state index in [1.54, 1.807) is 6.08 Å². The van der Waals surface area contributed by atoms with Crippen LogP contribution in [0.4, 0.5) is 0 Å². The lowest BCUT2D eigenvalue weighted by Crippen LogP contribution is -2.61. The van der Waals surface area contributed by atoms with Gasteiger partial charge in [0, 0.05) is 6.42 Å². The number of unbranched alkanes of at least 4 members (excludes halogenated alkanes) is 29. The van der Waals surface area contributed by atoms with Crippen molar-refractivity contribution >= 4 is 11.9 Å². The van der Waals surface area contributed by atoms with Gasteiger partial charge >= 0.3 is 5.97 Å². The van der Waals surface area contributed by atoms with Crippen LogP contribution in [0.25, 0.3) is 0 Å². The Hall–Kier alpha value is -2.90. The van der Waals surface area contributed by atoms with Crippen molar-refractivity contribution in [2.24, 2.45) is 0 Å². The summed E-state index contributed by atoms with van der Waals surface area (Å²) in [6.45, 7) is 5.67. The van der Waals surface area contributed by atoms with Gasteiger partial charge in [-0.3, -0.25) is 9.59 Å². The van der Waals surface area contributed by atoms with Gasteiger partial charge in [-0.2, -0.15) is 0 Å². The van der Waals surface area contributed by atoms with Gasteiger partial charge in [0.15, 0.2) is 12.4 Å². The molecule has 446 valence electrons. The van der Waals surface area contributed by atoms with Crippen LogP contribution in [0.3, 0.4) is 0 Å². The zero-order chi connectivity index (χ0) is 56.1. The molecular formula is C66H117NO10. The van der Waals surface area contributed by atoms with Crippen molar-refractivity contribution in [1.29, 1.82) is 0 Å². The number of aliphatic hydroxyl groups is 5. The molecule has 0 spiro atoms. The number of amides is 1. The Balaban J connectivity index is 2.62. The molecule has 1 saturated heterocycles. The van der Waals surface area contributed by atoms with Gasteiger partial charge in [-0.05, 0) is 70.6 Å². The Kier molecular flexibility index (Phi) is 50.3. The molecule has 1 aliphatic rings. The minimum Gasteiger partial charge on any atom is -0.454 e. The molecule has 1 rings (SSSR count). The van der Waals surface area contributed by atoms with Crippen molar-refractivity contribution in [3.8, 4) is 0 Å². The highest BCUT2D eigenvalue weighted by atomic mass is 16.7. The lowest BCUT2D eigenvalue weighted by atomic mass is 9.99. The molecule has 8 unspecified atom stereocenters. The molecule has 11 heteroatoms. The van der Waals surface area contributed by atoms with Gasteiger partial charge in [0.2, 0.25) is 5.91 Å². The van der Waals surface area contributed by atoms with Crippen LogP contribution in [-0.2, 0) is 23.8 Å². The van der Waals surface area contributed by atoms with Crippen molar-refractivity contribution in [3.05, 3.63) is 72.9 Å². The number of esters is 1. The number of rotatable bonds is 53. The molecule has 1 aliphatic heterocycles. The quantitative estimate of drug-likeness (QED) is 0.0195. The van der Waals surface area contributed by atoms with Gasteiger partial charge in [0.05, 0.1) is 25.4 Å². The number of carbonyl (C=O) groups is 2. The largest absolute Gasteiger partial charge is 0.454 e. The topological polar surface area (TPSA) is 175 Å². The first-order chi connectivity index (χ1) is 37.7. The Labute approximate surface area is 471 Å². The molecule has 0 radical (unpaired) electrons. The van der Waals surface area contributed by atoms with Gasteiger partial charge in [-0.15, -0.1) is 0 Å². The highest BCUT2D eigenvalue weighted by Gasteiger charge is 2.47. The Morgan fingerprint density at radius 3 is 1.40 bits per heavy atom. The highest BCUT2D eigenvalue weighted by Crippen LogP contribution is 2.26. The Bertz CT molecular complexity index is 1530. The Morgan fingerprint density at radius 2 is 0.935 bits per heavy atom. The normalized spacial score (nSPS) is 19.5. The third-order valence-electron chi connectivity index (χ3n) is 14.6. The summed E-state index contributed by atoms with van der Waals surface area (Å²) in [5.41, 5.74) is 0. The lowest BCUT2D eigenvalue weighted by Gasteiger charge is -2.41. The monoisotopic (exact) mass is 1080 g/mol. The summed E-state index contributed by atoms with van der Waals surface area (Å²) in [5.74, 6) is -1.20. The molecule has 0 aliphatic carbocycles. The first kappa shape index (κ1) is 72.1. The predicted molar refractivity (Wildman–Crippen MR) is 319 cm³/mol. The van der Waals surface area contributed by atoms with Crippen molar-refractivity contribution < 1.29 is 49.3 Å². The van der Waals surface area contributed by atoms with E-state index in [0.29, 0.717) is 12.8 Å². The van der Waals surface area contributed by atoms with Crippen LogP contribution in [0, 0.1) is 0 Å². The molecule has 0 aromatic rings. The number of allylic oxidation sites excluding steroid dienone is 11. The van der Waals surface area contributed by atoms with E-state index in [-0.39, 0.29) is 19.4 Å². The summed E-state index contributed by atoms with van der Waals surface area (Å²) in [6.07, 6.45) is 58.0. The molecule has 77 heavy (non-hydrogen) atoms.